The third kappa shape index (κ3) is 3.22. The molecule has 1 heterocycles. The molecule has 1 unspecified atom stereocenters. The maximum absolute atomic E-state index is 9.67. The van der Waals surface area contributed by atoms with Crippen molar-refractivity contribution in [1.82, 2.24) is 0 Å². The maximum Gasteiger partial charge on any atom is 0.0776 e. The molecule has 1 aromatic rings. The second-order valence-corrected chi connectivity index (χ2v) is 7.34. The van der Waals surface area contributed by atoms with Crippen molar-refractivity contribution in [3.05, 3.63) is 28.8 Å². The van der Waals surface area contributed by atoms with Crippen LogP contribution in [0.25, 0.3) is 0 Å². The van der Waals surface area contributed by atoms with Gasteiger partial charge < -0.3 is 10.0 Å². The van der Waals surface area contributed by atoms with Crippen molar-refractivity contribution < 1.29 is 5.11 Å². The number of hydrogen-bond donors (Lipinski definition) is 1. The molecule has 2 fully saturated rings. The number of rotatable bonds is 2. The lowest BCUT2D eigenvalue weighted by Crippen LogP contribution is -2.41. The molecule has 21 heavy (non-hydrogen) atoms. The number of halogens is 1. The van der Waals surface area contributed by atoms with E-state index in [-0.39, 0.29) is 0 Å². The molecule has 0 amide bonds. The highest BCUT2D eigenvalue weighted by molar-refractivity contribution is 6.31. The minimum Gasteiger partial charge on any atom is -0.389 e. The van der Waals surface area contributed by atoms with Gasteiger partial charge in [-0.15, -0.1) is 0 Å². The van der Waals surface area contributed by atoms with Crippen molar-refractivity contribution in [1.29, 1.82) is 0 Å². The quantitative estimate of drug-likeness (QED) is 0.836. The first kappa shape index (κ1) is 15.2. The van der Waals surface area contributed by atoms with Crippen molar-refractivity contribution in [3.63, 3.8) is 0 Å². The van der Waals surface area contributed by atoms with Gasteiger partial charge in [-0.05, 0) is 55.7 Å². The molecule has 1 aromatic carbocycles. The Morgan fingerprint density at radius 1 is 1.10 bits per heavy atom. The van der Waals surface area contributed by atoms with Gasteiger partial charge in [-0.2, -0.15) is 0 Å². The standard InChI is InChI=1S/C18H26ClNO/c1-14(21)16-6-5-15(13-17(16)19)20-11-9-18(10-12-20)7-3-2-4-8-18/h5-6,13-14,21H,2-4,7-12H2,1H3. The molecule has 1 spiro atoms. The molecule has 0 aromatic heterocycles. The molecule has 2 nitrogen and oxygen atoms in total. The molecule has 1 aliphatic carbocycles. The fourth-order valence-electron chi connectivity index (χ4n) is 4.09. The molecule has 1 aliphatic heterocycles. The SMILES string of the molecule is CC(O)c1ccc(N2CCC3(CCCCC3)CC2)cc1Cl. The van der Waals surface area contributed by atoms with Crippen molar-refractivity contribution >= 4 is 17.3 Å². The minimum atomic E-state index is -0.501. The van der Waals surface area contributed by atoms with Crippen LogP contribution >= 0.6 is 11.6 Å². The summed E-state index contributed by atoms with van der Waals surface area (Å²) in [5.74, 6) is 0. The van der Waals surface area contributed by atoms with E-state index in [1.54, 1.807) is 6.92 Å². The van der Waals surface area contributed by atoms with E-state index < -0.39 is 6.10 Å². The van der Waals surface area contributed by atoms with Crippen LogP contribution in [0.3, 0.4) is 0 Å². The topological polar surface area (TPSA) is 23.5 Å². The number of anilines is 1. The summed E-state index contributed by atoms with van der Waals surface area (Å²) in [6.45, 7) is 4.04. The van der Waals surface area contributed by atoms with E-state index in [9.17, 15) is 5.11 Å². The summed E-state index contributed by atoms with van der Waals surface area (Å²) in [6, 6.07) is 6.09. The fraction of sp³-hybridized carbons (Fsp3) is 0.667. The zero-order valence-electron chi connectivity index (χ0n) is 12.9. The minimum absolute atomic E-state index is 0.501. The molecule has 3 heteroatoms. The van der Waals surface area contributed by atoms with Crippen LogP contribution in [-0.4, -0.2) is 18.2 Å². The van der Waals surface area contributed by atoms with E-state index in [2.05, 4.69) is 11.0 Å². The van der Waals surface area contributed by atoms with Crippen LogP contribution in [-0.2, 0) is 0 Å². The monoisotopic (exact) mass is 307 g/mol. The molecule has 2 aliphatic rings. The summed E-state index contributed by atoms with van der Waals surface area (Å²) in [7, 11) is 0. The van der Waals surface area contributed by atoms with E-state index in [1.807, 2.05) is 12.1 Å². The molecule has 0 radical (unpaired) electrons. The summed E-state index contributed by atoms with van der Waals surface area (Å²) in [5, 5.41) is 10.4. The molecule has 1 saturated heterocycles. The van der Waals surface area contributed by atoms with Gasteiger partial charge in [0.05, 0.1) is 6.10 Å². The first-order valence-corrected chi connectivity index (χ1v) is 8.70. The Kier molecular flexibility index (Phi) is 4.46. The Morgan fingerprint density at radius 2 is 1.76 bits per heavy atom. The van der Waals surface area contributed by atoms with Gasteiger partial charge >= 0.3 is 0 Å². The van der Waals surface area contributed by atoms with Crippen LogP contribution in [0.2, 0.25) is 5.02 Å². The van der Waals surface area contributed by atoms with Crippen LogP contribution in [0.1, 0.15) is 63.5 Å². The Hall–Kier alpha value is -0.730. The highest BCUT2D eigenvalue weighted by atomic mass is 35.5. The van der Waals surface area contributed by atoms with Crippen LogP contribution in [0.15, 0.2) is 18.2 Å². The van der Waals surface area contributed by atoms with Gasteiger partial charge in [0.1, 0.15) is 0 Å². The molecule has 0 bridgehead atoms. The van der Waals surface area contributed by atoms with Crippen LogP contribution in [0, 0.1) is 5.41 Å². The van der Waals surface area contributed by atoms with Crippen molar-refractivity contribution in [2.75, 3.05) is 18.0 Å². The second-order valence-electron chi connectivity index (χ2n) is 6.93. The average molecular weight is 308 g/mol. The third-order valence-corrected chi connectivity index (χ3v) is 5.86. The first-order valence-electron chi connectivity index (χ1n) is 8.32. The number of nitrogens with zero attached hydrogens (tertiary/aromatic N) is 1. The predicted molar refractivity (Wildman–Crippen MR) is 89.1 cm³/mol. The van der Waals surface area contributed by atoms with Gasteiger partial charge in [-0.25, -0.2) is 0 Å². The summed E-state index contributed by atoms with van der Waals surface area (Å²) in [4.78, 5) is 2.46. The Bertz CT molecular complexity index is 484. The third-order valence-electron chi connectivity index (χ3n) is 5.54. The van der Waals surface area contributed by atoms with Crippen LogP contribution in [0.4, 0.5) is 5.69 Å². The molecule has 3 rings (SSSR count). The lowest BCUT2D eigenvalue weighted by atomic mass is 9.68. The average Bonchev–Trinajstić information content (AvgIpc) is 2.48. The normalized spacial score (nSPS) is 23.3. The van der Waals surface area contributed by atoms with Gasteiger partial charge in [0.15, 0.2) is 0 Å². The first-order chi connectivity index (χ1) is 10.1. The zero-order valence-corrected chi connectivity index (χ0v) is 13.7. The molecule has 1 saturated carbocycles. The number of aliphatic hydroxyl groups excluding tert-OH is 1. The lowest BCUT2D eigenvalue weighted by molar-refractivity contribution is 0.144. The lowest BCUT2D eigenvalue weighted by Gasteiger charge is -2.45. The van der Waals surface area contributed by atoms with E-state index in [4.69, 9.17) is 11.6 Å². The van der Waals surface area contributed by atoms with Gasteiger partial charge in [0, 0.05) is 23.8 Å². The van der Waals surface area contributed by atoms with Gasteiger partial charge in [-0.1, -0.05) is 36.9 Å². The van der Waals surface area contributed by atoms with E-state index >= 15 is 0 Å². The van der Waals surface area contributed by atoms with Gasteiger partial charge in [-0.3, -0.25) is 0 Å². The largest absolute Gasteiger partial charge is 0.389 e. The van der Waals surface area contributed by atoms with E-state index in [1.165, 1.54) is 50.6 Å². The van der Waals surface area contributed by atoms with Crippen molar-refractivity contribution in [2.45, 2.75) is 58.0 Å². The van der Waals surface area contributed by atoms with Crippen molar-refractivity contribution in [3.8, 4) is 0 Å². The number of benzene rings is 1. The number of hydrogen-bond acceptors (Lipinski definition) is 2. The summed E-state index contributed by atoms with van der Waals surface area (Å²) >= 11 is 6.30. The highest BCUT2D eigenvalue weighted by Crippen LogP contribution is 2.45. The van der Waals surface area contributed by atoms with Crippen LogP contribution < -0.4 is 4.90 Å². The Labute approximate surface area is 133 Å². The molecule has 116 valence electrons. The van der Waals surface area contributed by atoms with E-state index in [0.29, 0.717) is 10.4 Å². The highest BCUT2D eigenvalue weighted by Gasteiger charge is 2.35. The second kappa shape index (κ2) is 6.18. The number of aliphatic hydroxyl groups is 1. The number of piperidine rings is 1. The van der Waals surface area contributed by atoms with E-state index in [0.717, 1.165) is 18.7 Å². The molecule has 1 atom stereocenters. The molecule has 1 N–H and O–H groups in total. The summed E-state index contributed by atoms with van der Waals surface area (Å²) in [6.07, 6.45) is 9.29. The zero-order chi connectivity index (χ0) is 14.9. The Balaban J connectivity index is 1.68. The Morgan fingerprint density at radius 3 is 2.33 bits per heavy atom. The van der Waals surface area contributed by atoms with Gasteiger partial charge in [0.2, 0.25) is 0 Å². The van der Waals surface area contributed by atoms with Crippen molar-refractivity contribution in [2.24, 2.45) is 5.41 Å². The van der Waals surface area contributed by atoms with Gasteiger partial charge in [0.25, 0.3) is 0 Å². The predicted octanol–water partition coefficient (Wildman–Crippen LogP) is 4.94. The maximum atomic E-state index is 9.67. The smallest absolute Gasteiger partial charge is 0.0776 e. The van der Waals surface area contributed by atoms with Crippen LogP contribution in [0.5, 0.6) is 0 Å². The molecular formula is C18H26ClNO. The summed E-state index contributed by atoms with van der Waals surface area (Å²) < 4.78 is 0. The summed E-state index contributed by atoms with van der Waals surface area (Å²) in [5.41, 5.74) is 2.66. The molecular weight excluding hydrogens is 282 g/mol. The fourth-order valence-corrected chi connectivity index (χ4v) is 4.43.